The van der Waals surface area contributed by atoms with E-state index in [1.165, 1.54) is 18.6 Å². The van der Waals surface area contributed by atoms with Gasteiger partial charge in [-0.05, 0) is 55.7 Å². The summed E-state index contributed by atoms with van der Waals surface area (Å²) >= 11 is 0. The van der Waals surface area contributed by atoms with Crippen LogP contribution >= 0.6 is 0 Å². The van der Waals surface area contributed by atoms with Gasteiger partial charge in [0, 0.05) is 23.7 Å². The summed E-state index contributed by atoms with van der Waals surface area (Å²) in [6, 6.07) is 13.6. The quantitative estimate of drug-likeness (QED) is 0.498. The summed E-state index contributed by atoms with van der Waals surface area (Å²) in [4.78, 5) is 36.5. The van der Waals surface area contributed by atoms with E-state index in [1.807, 2.05) is 18.2 Å². The second kappa shape index (κ2) is 11.2. The highest BCUT2D eigenvalue weighted by molar-refractivity contribution is 6.04. The molecule has 2 aromatic rings. The van der Waals surface area contributed by atoms with E-state index in [0.29, 0.717) is 23.5 Å². The van der Waals surface area contributed by atoms with Gasteiger partial charge in [-0.2, -0.15) is 0 Å². The van der Waals surface area contributed by atoms with Gasteiger partial charge in [0.25, 0.3) is 5.91 Å². The van der Waals surface area contributed by atoms with Crippen LogP contribution in [0.1, 0.15) is 54.9 Å². The topological polar surface area (TPSA) is 93.7 Å². The first-order valence-electron chi connectivity index (χ1n) is 10.7. The summed E-state index contributed by atoms with van der Waals surface area (Å²) in [7, 11) is 0. The van der Waals surface area contributed by atoms with E-state index < -0.39 is 6.16 Å². The van der Waals surface area contributed by atoms with Crippen molar-refractivity contribution >= 4 is 23.7 Å². The van der Waals surface area contributed by atoms with E-state index in [1.54, 1.807) is 25.1 Å². The van der Waals surface area contributed by atoms with Crippen LogP contribution in [0.25, 0.3) is 0 Å². The summed E-state index contributed by atoms with van der Waals surface area (Å²) in [5, 5.41) is 5.90. The Bertz CT molecular complexity index is 904. The Morgan fingerprint density at radius 2 is 1.68 bits per heavy atom. The number of amides is 2. The fraction of sp³-hybridized carbons (Fsp3) is 0.375. The zero-order valence-electron chi connectivity index (χ0n) is 17.7. The van der Waals surface area contributed by atoms with Crippen LogP contribution in [-0.4, -0.2) is 24.6 Å². The van der Waals surface area contributed by atoms with Gasteiger partial charge in [-0.3, -0.25) is 9.59 Å². The number of para-hydroxylation sites is 1. The van der Waals surface area contributed by atoms with Crippen LogP contribution in [0.15, 0.2) is 48.5 Å². The third-order valence-corrected chi connectivity index (χ3v) is 5.27. The molecule has 0 spiro atoms. The van der Waals surface area contributed by atoms with E-state index in [-0.39, 0.29) is 24.3 Å². The van der Waals surface area contributed by atoms with Crippen molar-refractivity contribution in [2.45, 2.75) is 45.6 Å². The third-order valence-electron chi connectivity index (χ3n) is 5.27. The molecule has 0 heterocycles. The van der Waals surface area contributed by atoms with Crippen molar-refractivity contribution in [2.24, 2.45) is 5.92 Å². The van der Waals surface area contributed by atoms with Crippen molar-refractivity contribution in [1.82, 2.24) is 5.32 Å². The number of ether oxygens (including phenoxy) is 2. The van der Waals surface area contributed by atoms with Gasteiger partial charge in [-0.1, -0.05) is 37.5 Å². The van der Waals surface area contributed by atoms with Crippen LogP contribution in [-0.2, 0) is 16.1 Å². The molecule has 1 saturated carbocycles. The lowest BCUT2D eigenvalue weighted by Crippen LogP contribution is -2.31. The fourth-order valence-electron chi connectivity index (χ4n) is 3.60. The molecule has 0 aliphatic heterocycles. The monoisotopic (exact) mass is 424 g/mol. The highest BCUT2D eigenvalue weighted by Gasteiger charge is 2.21. The lowest BCUT2D eigenvalue weighted by molar-refractivity contribution is -0.126. The van der Waals surface area contributed by atoms with Crippen molar-refractivity contribution in [3.05, 3.63) is 59.7 Å². The molecule has 2 amide bonds. The summed E-state index contributed by atoms with van der Waals surface area (Å²) < 4.78 is 9.72. The van der Waals surface area contributed by atoms with Gasteiger partial charge in [-0.15, -0.1) is 0 Å². The van der Waals surface area contributed by atoms with Crippen LogP contribution in [0.3, 0.4) is 0 Å². The molecule has 164 valence electrons. The molecular formula is C24H28N2O5. The number of hydrogen-bond donors (Lipinski definition) is 2. The number of nitrogens with one attached hydrogen (secondary N) is 2. The third kappa shape index (κ3) is 6.57. The van der Waals surface area contributed by atoms with Crippen LogP contribution in [0.5, 0.6) is 5.75 Å². The second-order valence-electron chi connectivity index (χ2n) is 7.47. The first kappa shape index (κ1) is 22.3. The average Bonchev–Trinajstić information content (AvgIpc) is 2.79. The van der Waals surface area contributed by atoms with Crippen molar-refractivity contribution < 1.29 is 23.9 Å². The number of rotatable bonds is 7. The summed E-state index contributed by atoms with van der Waals surface area (Å²) in [5.74, 6) is 0.165. The van der Waals surface area contributed by atoms with Gasteiger partial charge in [-0.25, -0.2) is 4.79 Å². The highest BCUT2D eigenvalue weighted by atomic mass is 16.7. The predicted molar refractivity (Wildman–Crippen MR) is 117 cm³/mol. The number of carbonyl (C=O) groups is 3. The highest BCUT2D eigenvalue weighted by Crippen LogP contribution is 2.24. The fourth-order valence-corrected chi connectivity index (χ4v) is 3.60. The maximum atomic E-state index is 12.7. The van der Waals surface area contributed by atoms with E-state index in [0.717, 1.165) is 31.2 Å². The van der Waals surface area contributed by atoms with E-state index in [2.05, 4.69) is 10.6 Å². The minimum absolute atomic E-state index is 0.0815. The number of anilines is 1. The smallest absolute Gasteiger partial charge is 0.434 e. The molecule has 31 heavy (non-hydrogen) atoms. The van der Waals surface area contributed by atoms with Gasteiger partial charge in [0.1, 0.15) is 5.75 Å². The molecule has 0 unspecified atom stereocenters. The predicted octanol–water partition coefficient (Wildman–Crippen LogP) is 4.67. The van der Waals surface area contributed by atoms with Gasteiger partial charge >= 0.3 is 6.16 Å². The minimum atomic E-state index is -0.788. The van der Waals surface area contributed by atoms with E-state index in [4.69, 9.17) is 9.47 Å². The average molecular weight is 424 g/mol. The number of hydrogen-bond acceptors (Lipinski definition) is 5. The van der Waals surface area contributed by atoms with Crippen LogP contribution < -0.4 is 15.4 Å². The van der Waals surface area contributed by atoms with Crippen LogP contribution in [0.2, 0.25) is 0 Å². The second-order valence-corrected chi connectivity index (χ2v) is 7.47. The molecule has 0 saturated heterocycles. The maximum Gasteiger partial charge on any atom is 0.513 e. The van der Waals surface area contributed by atoms with Crippen molar-refractivity contribution in [3.8, 4) is 5.75 Å². The Hall–Kier alpha value is -3.35. The molecule has 3 rings (SSSR count). The Morgan fingerprint density at radius 3 is 2.39 bits per heavy atom. The zero-order valence-corrected chi connectivity index (χ0v) is 17.7. The standard InChI is InChI=1S/C24H28N2O5/c1-2-30-24(29)31-20-14-12-18(13-15-20)23(28)26-21-11-7-6-10-19(21)16-25-22(27)17-8-4-3-5-9-17/h6-7,10-15,17H,2-5,8-9,16H2,1H3,(H,25,27)(H,26,28). The number of carbonyl (C=O) groups excluding carboxylic acids is 3. The Morgan fingerprint density at radius 1 is 0.968 bits per heavy atom. The normalized spacial score (nSPS) is 13.8. The lowest BCUT2D eigenvalue weighted by atomic mass is 9.88. The molecule has 0 atom stereocenters. The molecule has 7 heteroatoms. The first-order chi connectivity index (χ1) is 15.1. The molecular weight excluding hydrogens is 396 g/mol. The van der Waals surface area contributed by atoms with Crippen molar-refractivity contribution in [1.29, 1.82) is 0 Å². The molecule has 2 N–H and O–H groups in total. The summed E-state index contributed by atoms with van der Waals surface area (Å²) in [5.41, 5.74) is 1.89. The molecule has 1 aliphatic carbocycles. The zero-order chi connectivity index (χ0) is 22.1. The Balaban J connectivity index is 1.58. The minimum Gasteiger partial charge on any atom is -0.434 e. The molecule has 1 fully saturated rings. The summed E-state index contributed by atoms with van der Waals surface area (Å²) in [6.45, 7) is 2.27. The van der Waals surface area contributed by atoms with Crippen LogP contribution in [0.4, 0.5) is 10.5 Å². The SMILES string of the molecule is CCOC(=O)Oc1ccc(C(=O)Nc2ccccc2CNC(=O)C2CCCCC2)cc1. The van der Waals surface area contributed by atoms with E-state index in [9.17, 15) is 14.4 Å². The van der Waals surface area contributed by atoms with Gasteiger partial charge in [0.15, 0.2) is 0 Å². The Kier molecular flexibility index (Phi) is 8.04. The van der Waals surface area contributed by atoms with Gasteiger partial charge in [0.05, 0.1) is 6.61 Å². The lowest BCUT2D eigenvalue weighted by Gasteiger charge is -2.21. The van der Waals surface area contributed by atoms with Crippen LogP contribution in [0, 0.1) is 5.92 Å². The molecule has 2 aromatic carbocycles. The van der Waals surface area contributed by atoms with E-state index >= 15 is 0 Å². The van der Waals surface area contributed by atoms with Crippen molar-refractivity contribution in [3.63, 3.8) is 0 Å². The van der Waals surface area contributed by atoms with Gasteiger partial charge in [0.2, 0.25) is 5.91 Å². The largest absolute Gasteiger partial charge is 0.513 e. The molecule has 0 radical (unpaired) electrons. The molecule has 0 bridgehead atoms. The summed E-state index contributed by atoms with van der Waals surface area (Å²) in [6.07, 6.45) is 4.51. The molecule has 7 nitrogen and oxygen atoms in total. The molecule has 0 aromatic heterocycles. The first-order valence-corrected chi connectivity index (χ1v) is 10.7. The number of benzene rings is 2. The van der Waals surface area contributed by atoms with Crippen molar-refractivity contribution in [2.75, 3.05) is 11.9 Å². The Labute approximate surface area is 182 Å². The molecule has 1 aliphatic rings. The van der Waals surface area contributed by atoms with Gasteiger partial charge < -0.3 is 20.1 Å². The maximum absolute atomic E-state index is 12.7.